The third-order valence-electron chi connectivity index (χ3n) is 4.76. The Hall–Kier alpha value is -3.55. The number of oxazole rings is 1. The number of carbonyl (C=O) groups excluding carboxylic acids is 1. The number of amides is 2. The molecule has 1 fully saturated rings. The van der Waals surface area contributed by atoms with Crippen LogP contribution >= 0.6 is 0 Å². The standard InChI is InChI=1S/C20H20N4O4/c25-18(26)15-7-5-14(6-8-15)13-21-19(27)23-9-11-24(12-10-23)20-22-16-3-1-2-4-17(16)28-20/h1-8H,9-13H2,(H,21,27)(H,25,26). The molecule has 2 aromatic carbocycles. The van der Waals surface area contributed by atoms with E-state index in [1.165, 1.54) is 12.1 Å². The average molecular weight is 380 g/mol. The number of carboxylic acids is 1. The lowest BCUT2D eigenvalue weighted by atomic mass is 10.1. The summed E-state index contributed by atoms with van der Waals surface area (Å²) < 4.78 is 5.79. The molecule has 8 heteroatoms. The van der Waals surface area contributed by atoms with Crippen LogP contribution in [0.3, 0.4) is 0 Å². The maximum atomic E-state index is 12.4. The van der Waals surface area contributed by atoms with E-state index < -0.39 is 5.97 Å². The number of carboxylic acid groups (broad SMARTS) is 1. The lowest BCUT2D eigenvalue weighted by Gasteiger charge is -2.33. The van der Waals surface area contributed by atoms with Gasteiger partial charge in [-0.2, -0.15) is 4.98 Å². The Bertz CT molecular complexity index is 958. The zero-order valence-electron chi connectivity index (χ0n) is 15.2. The Morgan fingerprint density at radius 3 is 2.43 bits per heavy atom. The van der Waals surface area contributed by atoms with Crippen molar-refractivity contribution in [1.29, 1.82) is 0 Å². The fraction of sp³-hybridized carbons (Fsp3) is 0.250. The number of benzene rings is 2. The number of hydrogen-bond donors (Lipinski definition) is 2. The summed E-state index contributed by atoms with van der Waals surface area (Å²) in [4.78, 5) is 31.6. The number of fused-ring (bicyclic) bond motifs is 1. The van der Waals surface area contributed by atoms with Crippen molar-refractivity contribution in [3.8, 4) is 0 Å². The molecule has 0 radical (unpaired) electrons. The average Bonchev–Trinajstić information content (AvgIpc) is 3.16. The van der Waals surface area contributed by atoms with Gasteiger partial charge in [-0.05, 0) is 29.8 Å². The molecule has 1 aromatic heterocycles. The molecule has 144 valence electrons. The monoisotopic (exact) mass is 380 g/mol. The molecule has 0 saturated carbocycles. The molecule has 0 spiro atoms. The van der Waals surface area contributed by atoms with E-state index in [9.17, 15) is 9.59 Å². The van der Waals surface area contributed by atoms with Crippen LogP contribution in [-0.2, 0) is 6.54 Å². The summed E-state index contributed by atoms with van der Waals surface area (Å²) in [7, 11) is 0. The second kappa shape index (κ2) is 7.59. The Morgan fingerprint density at radius 1 is 1.04 bits per heavy atom. The lowest BCUT2D eigenvalue weighted by Crippen LogP contribution is -2.51. The van der Waals surface area contributed by atoms with Crippen LogP contribution in [0, 0.1) is 0 Å². The summed E-state index contributed by atoms with van der Waals surface area (Å²) >= 11 is 0. The zero-order chi connectivity index (χ0) is 19.5. The number of nitrogens with one attached hydrogen (secondary N) is 1. The van der Waals surface area contributed by atoms with Gasteiger partial charge in [0.05, 0.1) is 5.56 Å². The second-order valence-electron chi connectivity index (χ2n) is 6.60. The number of aromatic nitrogens is 1. The zero-order valence-corrected chi connectivity index (χ0v) is 15.2. The third kappa shape index (κ3) is 3.75. The first-order chi connectivity index (χ1) is 13.6. The molecule has 1 saturated heterocycles. The Balaban J connectivity index is 1.29. The summed E-state index contributed by atoms with van der Waals surface area (Å²) in [6, 6.07) is 14.5. The minimum Gasteiger partial charge on any atom is -0.478 e. The smallest absolute Gasteiger partial charge is 0.335 e. The predicted molar refractivity (Wildman–Crippen MR) is 103 cm³/mol. The van der Waals surface area contributed by atoms with Crippen LogP contribution in [0.15, 0.2) is 52.9 Å². The van der Waals surface area contributed by atoms with Gasteiger partial charge in [0.1, 0.15) is 5.52 Å². The van der Waals surface area contributed by atoms with Crippen LogP contribution in [0.4, 0.5) is 10.8 Å². The van der Waals surface area contributed by atoms with Crippen molar-refractivity contribution in [3.05, 3.63) is 59.7 Å². The van der Waals surface area contributed by atoms with Crippen LogP contribution in [-0.4, -0.2) is 53.2 Å². The first-order valence-corrected chi connectivity index (χ1v) is 9.06. The Morgan fingerprint density at radius 2 is 1.75 bits per heavy atom. The van der Waals surface area contributed by atoms with E-state index in [-0.39, 0.29) is 11.6 Å². The van der Waals surface area contributed by atoms with Gasteiger partial charge in [0.25, 0.3) is 6.01 Å². The molecule has 4 rings (SSSR count). The molecular formula is C20H20N4O4. The van der Waals surface area contributed by atoms with Gasteiger partial charge >= 0.3 is 12.0 Å². The SMILES string of the molecule is O=C(O)c1ccc(CNC(=O)N2CCN(c3nc4ccccc4o3)CC2)cc1. The van der Waals surface area contributed by atoms with Crippen molar-refractivity contribution in [2.45, 2.75) is 6.54 Å². The predicted octanol–water partition coefficient (Wildman–Crippen LogP) is 2.56. The number of piperazine rings is 1. The number of anilines is 1. The molecule has 28 heavy (non-hydrogen) atoms. The summed E-state index contributed by atoms with van der Waals surface area (Å²) in [5.74, 6) is -0.965. The van der Waals surface area contributed by atoms with Gasteiger partial charge in [-0.1, -0.05) is 24.3 Å². The summed E-state index contributed by atoms with van der Waals surface area (Å²) in [6.45, 7) is 2.79. The molecule has 2 N–H and O–H groups in total. The molecule has 2 amide bonds. The summed E-state index contributed by atoms with van der Waals surface area (Å²) in [6.07, 6.45) is 0. The van der Waals surface area contributed by atoms with Crippen molar-refractivity contribution in [1.82, 2.24) is 15.2 Å². The number of hydrogen-bond acceptors (Lipinski definition) is 5. The molecule has 1 aliphatic rings. The van der Waals surface area contributed by atoms with E-state index in [1.54, 1.807) is 17.0 Å². The molecule has 0 atom stereocenters. The van der Waals surface area contributed by atoms with E-state index in [2.05, 4.69) is 10.3 Å². The van der Waals surface area contributed by atoms with E-state index in [0.717, 1.165) is 16.7 Å². The van der Waals surface area contributed by atoms with E-state index in [1.807, 2.05) is 29.2 Å². The second-order valence-corrected chi connectivity index (χ2v) is 6.60. The van der Waals surface area contributed by atoms with Crippen LogP contribution in [0.25, 0.3) is 11.1 Å². The van der Waals surface area contributed by atoms with Crippen LogP contribution in [0.1, 0.15) is 15.9 Å². The van der Waals surface area contributed by atoms with Crippen LogP contribution in [0.2, 0.25) is 0 Å². The lowest BCUT2D eigenvalue weighted by molar-refractivity contribution is 0.0697. The van der Waals surface area contributed by atoms with Gasteiger partial charge in [-0.3, -0.25) is 0 Å². The number of carbonyl (C=O) groups is 2. The van der Waals surface area contributed by atoms with E-state index in [0.29, 0.717) is 38.7 Å². The normalized spacial score (nSPS) is 14.3. The molecule has 0 bridgehead atoms. The van der Waals surface area contributed by atoms with Gasteiger partial charge in [0.15, 0.2) is 5.58 Å². The fourth-order valence-electron chi connectivity index (χ4n) is 3.15. The molecule has 8 nitrogen and oxygen atoms in total. The van der Waals surface area contributed by atoms with Gasteiger partial charge in [-0.25, -0.2) is 9.59 Å². The number of para-hydroxylation sites is 2. The van der Waals surface area contributed by atoms with Crippen molar-refractivity contribution in [2.24, 2.45) is 0 Å². The molecule has 3 aromatic rings. The van der Waals surface area contributed by atoms with Crippen molar-refractivity contribution >= 4 is 29.1 Å². The van der Waals surface area contributed by atoms with Crippen molar-refractivity contribution < 1.29 is 19.1 Å². The highest BCUT2D eigenvalue weighted by molar-refractivity contribution is 5.87. The topological polar surface area (TPSA) is 98.9 Å². The highest BCUT2D eigenvalue weighted by Crippen LogP contribution is 2.22. The van der Waals surface area contributed by atoms with Gasteiger partial charge in [-0.15, -0.1) is 0 Å². The minimum atomic E-state index is -0.965. The first-order valence-electron chi connectivity index (χ1n) is 9.06. The van der Waals surface area contributed by atoms with Crippen LogP contribution in [0.5, 0.6) is 0 Å². The van der Waals surface area contributed by atoms with E-state index in [4.69, 9.17) is 9.52 Å². The molecule has 0 aliphatic carbocycles. The highest BCUT2D eigenvalue weighted by atomic mass is 16.4. The number of urea groups is 1. The number of aromatic carboxylic acids is 1. The van der Waals surface area contributed by atoms with Gasteiger partial charge in [0.2, 0.25) is 0 Å². The molecule has 0 unspecified atom stereocenters. The number of nitrogens with zero attached hydrogens (tertiary/aromatic N) is 3. The largest absolute Gasteiger partial charge is 0.478 e. The summed E-state index contributed by atoms with van der Waals surface area (Å²) in [5, 5.41) is 11.8. The minimum absolute atomic E-state index is 0.139. The first kappa shape index (κ1) is 17.8. The maximum Gasteiger partial charge on any atom is 0.335 e. The van der Waals surface area contributed by atoms with Crippen LogP contribution < -0.4 is 10.2 Å². The quantitative estimate of drug-likeness (QED) is 0.722. The van der Waals surface area contributed by atoms with Crippen molar-refractivity contribution in [3.63, 3.8) is 0 Å². The highest BCUT2D eigenvalue weighted by Gasteiger charge is 2.23. The van der Waals surface area contributed by atoms with E-state index >= 15 is 0 Å². The fourth-order valence-corrected chi connectivity index (χ4v) is 3.15. The summed E-state index contributed by atoms with van der Waals surface area (Å²) in [5.41, 5.74) is 2.66. The molecule has 2 heterocycles. The van der Waals surface area contributed by atoms with Gasteiger partial charge in [0, 0.05) is 32.7 Å². The Labute approximate surface area is 161 Å². The van der Waals surface area contributed by atoms with Gasteiger partial charge < -0.3 is 24.6 Å². The molecular weight excluding hydrogens is 360 g/mol. The van der Waals surface area contributed by atoms with Crippen molar-refractivity contribution in [2.75, 3.05) is 31.1 Å². The number of rotatable bonds is 4. The maximum absolute atomic E-state index is 12.4. The third-order valence-corrected chi connectivity index (χ3v) is 4.76. The molecule has 1 aliphatic heterocycles. The Kier molecular flexibility index (Phi) is 4.84.